The van der Waals surface area contributed by atoms with Gasteiger partial charge in [-0.15, -0.1) is 0 Å². The van der Waals surface area contributed by atoms with Gasteiger partial charge in [-0.3, -0.25) is 0 Å². The zero-order valence-corrected chi connectivity index (χ0v) is 12.2. The Morgan fingerprint density at radius 2 is 1.76 bits per heavy atom. The molecule has 1 fully saturated rings. The van der Waals surface area contributed by atoms with Crippen LogP contribution in [0, 0.1) is 17.8 Å². The summed E-state index contributed by atoms with van der Waals surface area (Å²) in [7, 11) is 0. The SMILES string of the molecule is CC(C)C#C[C@@H](O)CCOC1OC(CO)C(O)C(O)C1O. The predicted octanol–water partition coefficient (Wildman–Crippen LogP) is -1.79. The molecule has 0 aliphatic carbocycles. The van der Waals surface area contributed by atoms with Crippen molar-refractivity contribution in [2.24, 2.45) is 5.92 Å². The fourth-order valence-electron chi connectivity index (χ4n) is 1.84. The molecular formula is C14H24O7. The van der Waals surface area contributed by atoms with Crippen molar-refractivity contribution in [2.45, 2.75) is 57.1 Å². The van der Waals surface area contributed by atoms with Crippen molar-refractivity contribution in [1.29, 1.82) is 0 Å². The Kier molecular flexibility index (Phi) is 7.56. The van der Waals surface area contributed by atoms with E-state index in [-0.39, 0.29) is 18.9 Å². The van der Waals surface area contributed by atoms with Crippen LogP contribution in [0.5, 0.6) is 0 Å². The average Bonchev–Trinajstić information content (AvgIpc) is 2.45. The van der Waals surface area contributed by atoms with Crippen molar-refractivity contribution in [3.8, 4) is 11.8 Å². The third-order valence-corrected chi connectivity index (χ3v) is 3.06. The van der Waals surface area contributed by atoms with Gasteiger partial charge in [0.1, 0.15) is 30.5 Å². The Morgan fingerprint density at radius 3 is 2.33 bits per heavy atom. The van der Waals surface area contributed by atoms with Gasteiger partial charge in [0.25, 0.3) is 0 Å². The van der Waals surface area contributed by atoms with E-state index in [9.17, 15) is 20.4 Å². The maximum absolute atomic E-state index is 9.73. The fraction of sp³-hybridized carbons (Fsp3) is 0.857. The molecule has 7 heteroatoms. The highest BCUT2D eigenvalue weighted by atomic mass is 16.7. The molecule has 1 aliphatic rings. The number of rotatable bonds is 5. The summed E-state index contributed by atoms with van der Waals surface area (Å²) < 4.78 is 10.4. The van der Waals surface area contributed by atoms with E-state index in [1.807, 2.05) is 13.8 Å². The molecule has 0 spiro atoms. The highest BCUT2D eigenvalue weighted by molar-refractivity contribution is 5.06. The molecule has 5 N–H and O–H groups in total. The van der Waals surface area contributed by atoms with E-state index in [2.05, 4.69) is 11.8 Å². The number of aliphatic hydroxyl groups excluding tert-OH is 5. The first-order valence-corrected chi connectivity index (χ1v) is 6.98. The molecule has 0 aromatic carbocycles. The van der Waals surface area contributed by atoms with Gasteiger partial charge in [-0.1, -0.05) is 25.7 Å². The zero-order chi connectivity index (χ0) is 16.0. The Labute approximate surface area is 124 Å². The molecule has 5 unspecified atom stereocenters. The van der Waals surface area contributed by atoms with E-state index >= 15 is 0 Å². The summed E-state index contributed by atoms with van der Waals surface area (Å²) in [6.07, 6.45) is -7.11. The molecule has 122 valence electrons. The van der Waals surface area contributed by atoms with Crippen molar-refractivity contribution < 1.29 is 35.0 Å². The smallest absolute Gasteiger partial charge is 0.186 e. The molecule has 0 bridgehead atoms. The maximum Gasteiger partial charge on any atom is 0.186 e. The quantitative estimate of drug-likeness (QED) is 0.381. The first-order valence-electron chi connectivity index (χ1n) is 6.98. The van der Waals surface area contributed by atoms with Gasteiger partial charge in [-0.05, 0) is 0 Å². The van der Waals surface area contributed by atoms with Gasteiger partial charge in [0.15, 0.2) is 6.29 Å². The maximum atomic E-state index is 9.73. The average molecular weight is 304 g/mol. The number of ether oxygens (including phenoxy) is 2. The second-order valence-corrected chi connectivity index (χ2v) is 5.32. The molecular weight excluding hydrogens is 280 g/mol. The Balaban J connectivity index is 2.42. The minimum absolute atomic E-state index is 0.0522. The van der Waals surface area contributed by atoms with Crippen LogP contribution >= 0.6 is 0 Å². The molecule has 0 aromatic rings. The number of hydrogen-bond donors (Lipinski definition) is 5. The van der Waals surface area contributed by atoms with Gasteiger partial charge in [-0.2, -0.15) is 0 Å². The molecule has 0 amide bonds. The van der Waals surface area contributed by atoms with E-state index in [0.717, 1.165) is 0 Å². The van der Waals surface area contributed by atoms with Crippen LogP contribution in [0.3, 0.4) is 0 Å². The van der Waals surface area contributed by atoms with Crippen LogP contribution in [0.25, 0.3) is 0 Å². The van der Waals surface area contributed by atoms with Gasteiger partial charge in [0, 0.05) is 12.3 Å². The van der Waals surface area contributed by atoms with Gasteiger partial charge in [0.2, 0.25) is 0 Å². The Morgan fingerprint density at radius 1 is 1.10 bits per heavy atom. The summed E-state index contributed by atoms with van der Waals surface area (Å²) in [5.41, 5.74) is 0. The van der Waals surface area contributed by atoms with Crippen LogP contribution in [0.1, 0.15) is 20.3 Å². The van der Waals surface area contributed by atoms with Crippen LogP contribution in [0.2, 0.25) is 0 Å². The highest BCUT2D eigenvalue weighted by Gasteiger charge is 2.43. The minimum Gasteiger partial charge on any atom is -0.394 e. The lowest BCUT2D eigenvalue weighted by atomic mass is 9.99. The van der Waals surface area contributed by atoms with E-state index in [1.54, 1.807) is 0 Å². The lowest BCUT2D eigenvalue weighted by Gasteiger charge is -2.39. The second kappa shape index (κ2) is 8.66. The lowest BCUT2D eigenvalue weighted by molar-refractivity contribution is -0.301. The van der Waals surface area contributed by atoms with Crippen LogP contribution in [-0.4, -0.2) is 75.6 Å². The van der Waals surface area contributed by atoms with Crippen LogP contribution in [0.15, 0.2) is 0 Å². The van der Waals surface area contributed by atoms with Gasteiger partial charge >= 0.3 is 0 Å². The third-order valence-electron chi connectivity index (χ3n) is 3.06. The number of aliphatic hydroxyl groups is 5. The molecule has 0 radical (unpaired) electrons. The van der Waals surface area contributed by atoms with Gasteiger partial charge in [0.05, 0.1) is 13.2 Å². The standard InChI is InChI=1S/C14H24O7/c1-8(2)3-4-9(16)5-6-20-14-13(19)12(18)11(17)10(7-15)21-14/h8-19H,5-7H2,1-2H3/t9-,10?,11?,12?,13?,14?/m1/s1. The topological polar surface area (TPSA) is 120 Å². The summed E-state index contributed by atoms with van der Waals surface area (Å²) in [5.74, 6) is 5.65. The summed E-state index contributed by atoms with van der Waals surface area (Å²) in [5, 5.41) is 47.5. The Hall–Kier alpha value is -0.720. The van der Waals surface area contributed by atoms with Crippen molar-refractivity contribution in [3.05, 3.63) is 0 Å². The number of hydrogen-bond acceptors (Lipinski definition) is 7. The Bertz CT molecular complexity index is 360. The van der Waals surface area contributed by atoms with Crippen LogP contribution in [-0.2, 0) is 9.47 Å². The van der Waals surface area contributed by atoms with Crippen molar-refractivity contribution in [3.63, 3.8) is 0 Å². The first kappa shape index (κ1) is 18.3. The van der Waals surface area contributed by atoms with Gasteiger partial charge in [-0.25, -0.2) is 0 Å². The molecule has 1 rings (SSSR count). The molecule has 7 nitrogen and oxygen atoms in total. The van der Waals surface area contributed by atoms with Crippen molar-refractivity contribution in [2.75, 3.05) is 13.2 Å². The van der Waals surface area contributed by atoms with Crippen molar-refractivity contribution in [1.82, 2.24) is 0 Å². The first-order chi connectivity index (χ1) is 9.86. The van der Waals surface area contributed by atoms with Crippen LogP contribution < -0.4 is 0 Å². The summed E-state index contributed by atoms with van der Waals surface area (Å²) in [4.78, 5) is 0. The predicted molar refractivity (Wildman–Crippen MR) is 73.0 cm³/mol. The van der Waals surface area contributed by atoms with E-state index in [1.165, 1.54) is 0 Å². The molecule has 0 saturated carbocycles. The normalized spacial score (nSPS) is 34.4. The minimum atomic E-state index is -1.47. The van der Waals surface area contributed by atoms with Crippen molar-refractivity contribution >= 4 is 0 Å². The molecule has 1 heterocycles. The molecule has 1 aliphatic heterocycles. The van der Waals surface area contributed by atoms with Gasteiger partial charge < -0.3 is 35.0 Å². The molecule has 1 saturated heterocycles. The lowest BCUT2D eigenvalue weighted by Crippen LogP contribution is -2.59. The second-order valence-electron chi connectivity index (χ2n) is 5.32. The zero-order valence-electron chi connectivity index (χ0n) is 12.2. The van der Waals surface area contributed by atoms with E-state index in [4.69, 9.17) is 14.6 Å². The molecule has 6 atom stereocenters. The van der Waals surface area contributed by atoms with E-state index in [0.29, 0.717) is 0 Å². The highest BCUT2D eigenvalue weighted by Crippen LogP contribution is 2.22. The molecule has 21 heavy (non-hydrogen) atoms. The monoisotopic (exact) mass is 304 g/mol. The van der Waals surface area contributed by atoms with E-state index < -0.39 is 43.4 Å². The third kappa shape index (κ3) is 5.52. The summed E-state index contributed by atoms with van der Waals surface area (Å²) >= 11 is 0. The molecule has 0 aromatic heterocycles. The summed E-state index contributed by atoms with van der Waals surface area (Å²) in [6.45, 7) is 3.36. The largest absolute Gasteiger partial charge is 0.394 e. The van der Waals surface area contributed by atoms with Crippen LogP contribution in [0.4, 0.5) is 0 Å². The summed E-state index contributed by atoms with van der Waals surface area (Å²) in [6, 6.07) is 0. The fourth-order valence-corrected chi connectivity index (χ4v) is 1.84.